The van der Waals surface area contributed by atoms with Gasteiger partial charge in [0.15, 0.2) is 11.5 Å². The molecule has 1 aromatic heterocycles. The zero-order chi connectivity index (χ0) is 19.3. The molecule has 0 aliphatic carbocycles. The summed E-state index contributed by atoms with van der Waals surface area (Å²) in [5.41, 5.74) is 0.223. The van der Waals surface area contributed by atoms with Crippen molar-refractivity contribution in [1.82, 2.24) is 15.5 Å². The average Bonchev–Trinajstić information content (AvgIpc) is 3.19. The van der Waals surface area contributed by atoms with Crippen molar-refractivity contribution in [2.24, 2.45) is 0 Å². The Morgan fingerprint density at radius 1 is 1.14 bits per heavy atom. The van der Waals surface area contributed by atoms with Crippen LogP contribution < -0.4 is 14.8 Å². The highest BCUT2D eigenvalue weighted by Crippen LogP contribution is 2.30. The minimum absolute atomic E-state index is 0.0763. The summed E-state index contributed by atoms with van der Waals surface area (Å²) in [6, 6.07) is 13.5. The Hall–Kier alpha value is -3.07. The van der Waals surface area contributed by atoms with E-state index in [4.69, 9.17) is 13.9 Å². The number of para-hydroxylation sites is 2. The monoisotopic (exact) mass is 401 g/mol. The van der Waals surface area contributed by atoms with E-state index in [0.29, 0.717) is 24.7 Å². The lowest BCUT2D eigenvalue weighted by atomic mass is 10.2. The lowest BCUT2D eigenvalue weighted by Gasteiger charge is -2.26. The molecule has 4 rings (SSSR count). The van der Waals surface area contributed by atoms with Crippen molar-refractivity contribution in [3.05, 3.63) is 54.3 Å². The van der Waals surface area contributed by atoms with Crippen LogP contribution in [0.4, 0.5) is 4.39 Å². The van der Waals surface area contributed by atoms with Gasteiger partial charge >= 0.3 is 0 Å². The number of halogens is 1. The third-order valence-corrected chi connectivity index (χ3v) is 4.75. The van der Waals surface area contributed by atoms with Crippen LogP contribution in [0.15, 0.2) is 58.2 Å². The molecular weight excluding hydrogens is 385 g/mol. The van der Waals surface area contributed by atoms with Gasteiger partial charge in [0.05, 0.1) is 17.9 Å². The van der Waals surface area contributed by atoms with Crippen LogP contribution in [0.25, 0.3) is 11.5 Å². The Bertz CT molecular complexity index is 981. The molecule has 0 saturated heterocycles. The van der Waals surface area contributed by atoms with Gasteiger partial charge in [0.2, 0.25) is 5.91 Å². The summed E-state index contributed by atoms with van der Waals surface area (Å²) in [5.74, 6) is 0.863. The van der Waals surface area contributed by atoms with Crippen LogP contribution in [0.2, 0.25) is 0 Å². The second-order valence-electron chi connectivity index (χ2n) is 5.94. The molecule has 144 valence electrons. The summed E-state index contributed by atoms with van der Waals surface area (Å²) in [7, 11) is 0. The van der Waals surface area contributed by atoms with Gasteiger partial charge in [0.25, 0.3) is 11.1 Å². The Kier molecular flexibility index (Phi) is 5.43. The van der Waals surface area contributed by atoms with E-state index in [-0.39, 0.29) is 34.4 Å². The number of rotatable bonds is 6. The van der Waals surface area contributed by atoms with Crippen LogP contribution >= 0.6 is 11.8 Å². The first kappa shape index (κ1) is 18.3. The summed E-state index contributed by atoms with van der Waals surface area (Å²) in [6.45, 7) is 0.679. The third kappa shape index (κ3) is 4.25. The number of nitrogens with zero attached hydrogens (tertiary/aromatic N) is 2. The molecule has 0 radical (unpaired) electrons. The fourth-order valence-corrected chi connectivity index (χ4v) is 3.17. The summed E-state index contributed by atoms with van der Waals surface area (Å²) in [5, 5.41) is 10.6. The van der Waals surface area contributed by atoms with Gasteiger partial charge in [-0.05, 0) is 24.3 Å². The number of amides is 1. The van der Waals surface area contributed by atoms with E-state index < -0.39 is 5.82 Å². The maximum absolute atomic E-state index is 13.7. The van der Waals surface area contributed by atoms with Crippen LogP contribution in [-0.2, 0) is 4.79 Å². The van der Waals surface area contributed by atoms with Crippen molar-refractivity contribution in [3.8, 4) is 23.0 Å². The maximum Gasteiger partial charge on any atom is 0.277 e. The van der Waals surface area contributed by atoms with Gasteiger partial charge in [-0.15, -0.1) is 10.2 Å². The standard InChI is InChI=1S/C19H16FN3O4S/c20-14-6-2-1-5-13(14)18-22-23-19(27-18)28-11-17(24)21-9-12-10-25-15-7-3-4-8-16(15)26-12/h1-8,12H,9-11H2,(H,21,24)/t12-/m0/s1. The number of nitrogens with one attached hydrogen (secondary N) is 1. The minimum atomic E-state index is -0.447. The number of ether oxygens (including phenoxy) is 2. The van der Waals surface area contributed by atoms with E-state index >= 15 is 0 Å². The topological polar surface area (TPSA) is 86.5 Å². The third-order valence-electron chi connectivity index (χ3n) is 3.93. The Morgan fingerprint density at radius 3 is 2.79 bits per heavy atom. The second-order valence-corrected chi connectivity index (χ2v) is 6.87. The molecule has 1 atom stereocenters. The van der Waals surface area contributed by atoms with Crippen LogP contribution in [0.1, 0.15) is 0 Å². The van der Waals surface area contributed by atoms with Gasteiger partial charge in [-0.2, -0.15) is 0 Å². The normalized spacial score (nSPS) is 15.2. The lowest BCUT2D eigenvalue weighted by Crippen LogP contribution is -2.41. The molecule has 0 saturated carbocycles. The van der Waals surface area contributed by atoms with Crippen molar-refractivity contribution < 1.29 is 23.1 Å². The number of hydrogen-bond acceptors (Lipinski definition) is 7. The summed E-state index contributed by atoms with van der Waals surface area (Å²) >= 11 is 1.08. The molecule has 0 bridgehead atoms. The number of benzene rings is 2. The molecule has 1 amide bonds. The molecule has 2 heterocycles. The molecule has 7 nitrogen and oxygen atoms in total. The molecule has 9 heteroatoms. The van der Waals surface area contributed by atoms with Crippen LogP contribution in [0.5, 0.6) is 11.5 Å². The van der Waals surface area contributed by atoms with Crippen LogP contribution in [-0.4, -0.2) is 41.1 Å². The first-order chi connectivity index (χ1) is 13.7. The molecule has 0 fully saturated rings. The Morgan fingerprint density at radius 2 is 1.93 bits per heavy atom. The zero-order valence-corrected chi connectivity index (χ0v) is 15.4. The summed E-state index contributed by atoms with van der Waals surface area (Å²) in [4.78, 5) is 12.1. The summed E-state index contributed by atoms with van der Waals surface area (Å²) in [6.07, 6.45) is -0.264. The largest absolute Gasteiger partial charge is 0.486 e. The second kappa shape index (κ2) is 8.30. The van der Waals surface area contributed by atoms with Crippen molar-refractivity contribution in [3.63, 3.8) is 0 Å². The molecule has 1 aliphatic heterocycles. The van der Waals surface area contributed by atoms with Crippen molar-refractivity contribution >= 4 is 17.7 Å². The highest BCUT2D eigenvalue weighted by atomic mass is 32.2. The van der Waals surface area contributed by atoms with Gasteiger partial charge in [0.1, 0.15) is 18.5 Å². The van der Waals surface area contributed by atoms with Crippen LogP contribution in [0, 0.1) is 5.82 Å². The molecule has 2 aromatic carbocycles. The van der Waals surface area contributed by atoms with Gasteiger partial charge in [-0.1, -0.05) is 36.0 Å². The molecule has 1 aliphatic rings. The highest BCUT2D eigenvalue weighted by molar-refractivity contribution is 7.99. The van der Waals surface area contributed by atoms with Crippen molar-refractivity contribution in [1.29, 1.82) is 0 Å². The van der Waals surface area contributed by atoms with E-state index in [1.54, 1.807) is 18.2 Å². The molecule has 1 N–H and O–H groups in total. The number of aromatic nitrogens is 2. The summed E-state index contributed by atoms with van der Waals surface area (Å²) < 4.78 is 30.6. The van der Waals surface area contributed by atoms with Gasteiger partial charge in [-0.3, -0.25) is 4.79 Å². The van der Waals surface area contributed by atoms with E-state index in [9.17, 15) is 9.18 Å². The van der Waals surface area contributed by atoms with Gasteiger partial charge in [-0.25, -0.2) is 4.39 Å². The quantitative estimate of drug-likeness (QED) is 0.636. The Labute approximate surface area is 164 Å². The predicted octanol–water partition coefficient (Wildman–Crippen LogP) is 2.92. The first-order valence-electron chi connectivity index (χ1n) is 8.55. The predicted molar refractivity (Wildman–Crippen MR) is 99.8 cm³/mol. The average molecular weight is 401 g/mol. The van der Waals surface area contributed by atoms with E-state index in [1.807, 2.05) is 24.3 Å². The lowest BCUT2D eigenvalue weighted by molar-refractivity contribution is -0.119. The highest BCUT2D eigenvalue weighted by Gasteiger charge is 2.21. The number of carbonyl (C=O) groups excluding carboxylic acids is 1. The number of carbonyl (C=O) groups is 1. The zero-order valence-electron chi connectivity index (χ0n) is 14.6. The van der Waals surface area contributed by atoms with Crippen molar-refractivity contribution in [2.75, 3.05) is 18.9 Å². The maximum atomic E-state index is 13.7. The fourth-order valence-electron chi connectivity index (χ4n) is 2.58. The Balaban J connectivity index is 1.25. The number of thioether (sulfide) groups is 1. The number of fused-ring (bicyclic) bond motifs is 1. The minimum Gasteiger partial charge on any atom is -0.486 e. The van der Waals surface area contributed by atoms with Crippen LogP contribution in [0.3, 0.4) is 0 Å². The van der Waals surface area contributed by atoms with Crippen molar-refractivity contribution in [2.45, 2.75) is 11.3 Å². The molecule has 3 aromatic rings. The van der Waals surface area contributed by atoms with E-state index in [2.05, 4.69) is 15.5 Å². The number of hydrogen-bond donors (Lipinski definition) is 1. The molecular formula is C19H16FN3O4S. The molecule has 0 unspecified atom stereocenters. The first-order valence-corrected chi connectivity index (χ1v) is 9.54. The van der Waals surface area contributed by atoms with E-state index in [1.165, 1.54) is 6.07 Å². The fraction of sp³-hybridized carbons (Fsp3) is 0.211. The van der Waals surface area contributed by atoms with Gasteiger partial charge in [0, 0.05) is 0 Å². The smallest absolute Gasteiger partial charge is 0.277 e. The van der Waals surface area contributed by atoms with Gasteiger partial charge < -0.3 is 19.2 Å². The van der Waals surface area contributed by atoms with E-state index in [0.717, 1.165) is 11.8 Å². The molecule has 28 heavy (non-hydrogen) atoms. The SMILES string of the molecule is O=C(CSc1nnc(-c2ccccc2F)o1)NC[C@H]1COc2ccccc2O1. The molecule has 0 spiro atoms.